The highest BCUT2D eigenvalue weighted by Crippen LogP contribution is 2.20. The Morgan fingerprint density at radius 2 is 2.41 bits per heavy atom. The fourth-order valence-corrected chi connectivity index (χ4v) is 2.03. The number of aryl methyl sites for hydroxylation is 1. The number of aromatic nitrogens is 1. The third-order valence-corrected chi connectivity index (χ3v) is 3.02. The summed E-state index contributed by atoms with van der Waals surface area (Å²) in [5, 5.41) is 9.05. The lowest BCUT2D eigenvalue weighted by Gasteiger charge is -2.18. The predicted octanol–water partition coefficient (Wildman–Crippen LogP) is 0.880. The second-order valence-corrected chi connectivity index (χ2v) is 4.36. The van der Waals surface area contributed by atoms with Crippen molar-refractivity contribution in [3.63, 3.8) is 0 Å². The van der Waals surface area contributed by atoms with Gasteiger partial charge in [0.1, 0.15) is 5.82 Å². The van der Waals surface area contributed by atoms with Crippen molar-refractivity contribution >= 4 is 11.8 Å². The van der Waals surface area contributed by atoms with E-state index in [0.29, 0.717) is 5.56 Å². The molecule has 1 atom stereocenters. The molecule has 0 saturated carbocycles. The maximum atomic E-state index is 11.0. The van der Waals surface area contributed by atoms with Gasteiger partial charge in [0, 0.05) is 24.8 Å². The van der Waals surface area contributed by atoms with Crippen LogP contribution in [0.3, 0.4) is 0 Å². The van der Waals surface area contributed by atoms with Gasteiger partial charge in [-0.2, -0.15) is 0 Å². The van der Waals surface area contributed by atoms with Crippen molar-refractivity contribution < 1.29 is 9.90 Å². The van der Waals surface area contributed by atoms with E-state index in [1.165, 1.54) is 0 Å². The second kappa shape index (κ2) is 4.71. The van der Waals surface area contributed by atoms with Crippen LogP contribution in [-0.4, -0.2) is 35.2 Å². The Balaban J connectivity index is 2.32. The molecule has 5 nitrogen and oxygen atoms in total. The Morgan fingerprint density at radius 1 is 1.65 bits per heavy atom. The van der Waals surface area contributed by atoms with E-state index in [4.69, 9.17) is 10.8 Å². The number of anilines is 1. The first-order valence-corrected chi connectivity index (χ1v) is 5.85. The number of carbonyl (C=O) groups is 1. The molecule has 17 heavy (non-hydrogen) atoms. The van der Waals surface area contributed by atoms with Crippen molar-refractivity contribution in [3.05, 3.63) is 23.4 Å². The first-order valence-electron chi connectivity index (χ1n) is 5.85. The van der Waals surface area contributed by atoms with E-state index >= 15 is 0 Å². The van der Waals surface area contributed by atoms with Crippen molar-refractivity contribution in [3.8, 4) is 0 Å². The standard InChI is InChI=1S/C12H17N3O2/c1-2-10-5-8(12(16)17)6-11(14-10)15-4-3-9(13)7-15/h5-6,9H,2-4,7,13H2,1H3,(H,16,17). The van der Waals surface area contributed by atoms with E-state index in [2.05, 4.69) is 9.88 Å². The highest BCUT2D eigenvalue weighted by atomic mass is 16.4. The first-order chi connectivity index (χ1) is 8.10. The Bertz CT molecular complexity index is 434. The molecule has 1 aromatic heterocycles. The molecule has 0 amide bonds. The molecule has 5 heteroatoms. The molecule has 92 valence electrons. The average molecular weight is 235 g/mol. The number of nitrogens with zero attached hydrogens (tertiary/aromatic N) is 2. The molecule has 0 aromatic carbocycles. The van der Waals surface area contributed by atoms with E-state index in [0.717, 1.165) is 37.4 Å². The molecule has 0 radical (unpaired) electrons. The maximum Gasteiger partial charge on any atom is 0.335 e. The van der Waals surface area contributed by atoms with Crippen molar-refractivity contribution in [2.75, 3.05) is 18.0 Å². The molecule has 1 saturated heterocycles. The molecule has 0 aliphatic carbocycles. The van der Waals surface area contributed by atoms with Gasteiger partial charge in [-0.3, -0.25) is 0 Å². The van der Waals surface area contributed by atoms with Gasteiger partial charge in [0.15, 0.2) is 0 Å². The van der Waals surface area contributed by atoms with Crippen LogP contribution < -0.4 is 10.6 Å². The van der Waals surface area contributed by atoms with Gasteiger partial charge in [-0.1, -0.05) is 6.92 Å². The van der Waals surface area contributed by atoms with Gasteiger partial charge >= 0.3 is 5.97 Å². The summed E-state index contributed by atoms with van der Waals surface area (Å²) >= 11 is 0. The fourth-order valence-electron chi connectivity index (χ4n) is 2.03. The number of rotatable bonds is 3. The van der Waals surface area contributed by atoms with Crippen LogP contribution in [0, 0.1) is 0 Å². The molecule has 2 heterocycles. The topological polar surface area (TPSA) is 79.5 Å². The van der Waals surface area contributed by atoms with Crippen LogP contribution in [0.2, 0.25) is 0 Å². The monoisotopic (exact) mass is 235 g/mol. The van der Waals surface area contributed by atoms with E-state index < -0.39 is 5.97 Å². The third-order valence-electron chi connectivity index (χ3n) is 3.02. The Labute approximate surface area is 100 Å². The Morgan fingerprint density at radius 3 is 2.94 bits per heavy atom. The van der Waals surface area contributed by atoms with Gasteiger partial charge in [-0.15, -0.1) is 0 Å². The fraction of sp³-hybridized carbons (Fsp3) is 0.500. The summed E-state index contributed by atoms with van der Waals surface area (Å²) < 4.78 is 0. The molecule has 1 unspecified atom stereocenters. The molecule has 1 aliphatic rings. The normalized spacial score (nSPS) is 19.6. The summed E-state index contributed by atoms with van der Waals surface area (Å²) in [6, 6.07) is 3.41. The van der Waals surface area contributed by atoms with E-state index in [9.17, 15) is 4.79 Å². The summed E-state index contributed by atoms with van der Waals surface area (Å²) in [7, 11) is 0. The number of hydrogen-bond acceptors (Lipinski definition) is 4. The van der Waals surface area contributed by atoms with Crippen LogP contribution in [-0.2, 0) is 6.42 Å². The Kier molecular flexibility index (Phi) is 3.28. The third kappa shape index (κ3) is 2.55. The largest absolute Gasteiger partial charge is 0.478 e. The molecule has 1 aromatic rings. The van der Waals surface area contributed by atoms with Crippen LogP contribution >= 0.6 is 0 Å². The van der Waals surface area contributed by atoms with Gasteiger partial charge in [0.2, 0.25) is 0 Å². The summed E-state index contributed by atoms with van der Waals surface area (Å²) in [4.78, 5) is 17.5. The molecule has 1 aliphatic heterocycles. The number of aromatic carboxylic acids is 1. The minimum Gasteiger partial charge on any atom is -0.478 e. The maximum absolute atomic E-state index is 11.0. The molecule has 0 spiro atoms. The first kappa shape index (κ1) is 11.9. The minimum absolute atomic E-state index is 0.162. The van der Waals surface area contributed by atoms with Crippen molar-refractivity contribution in [2.24, 2.45) is 5.73 Å². The van der Waals surface area contributed by atoms with Gasteiger partial charge in [-0.25, -0.2) is 9.78 Å². The predicted molar refractivity (Wildman–Crippen MR) is 65.4 cm³/mol. The zero-order chi connectivity index (χ0) is 12.4. The summed E-state index contributed by atoms with van der Waals surface area (Å²) in [6.07, 6.45) is 1.66. The summed E-state index contributed by atoms with van der Waals surface area (Å²) in [5.74, 6) is -0.179. The molecular weight excluding hydrogens is 218 g/mol. The van der Waals surface area contributed by atoms with E-state index in [1.54, 1.807) is 12.1 Å². The lowest BCUT2D eigenvalue weighted by Crippen LogP contribution is -2.27. The molecule has 2 rings (SSSR count). The minimum atomic E-state index is -0.910. The number of carboxylic acids is 1. The second-order valence-electron chi connectivity index (χ2n) is 4.36. The highest BCUT2D eigenvalue weighted by Gasteiger charge is 2.21. The van der Waals surface area contributed by atoms with Gasteiger partial charge in [-0.05, 0) is 25.0 Å². The highest BCUT2D eigenvalue weighted by molar-refractivity contribution is 5.88. The van der Waals surface area contributed by atoms with Crippen LogP contribution in [0.15, 0.2) is 12.1 Å². The number of pyridine rings is 1. The quantitative estimate of drug-likeness (QED) is 0.813. The number of hydrogen-bond donors (Lipinski definition) is 2. The molecule has 1 fully saturated rings. The summed E-state index contributed by atoms with van der Waals surface area (Å²) in [5.41, 5.74) is 6.95. The SMILES string of the molecule is CCc1cc(C(=O)O)cc(N2CCC(N)C2)n1. The van der Waals surface area contributed by atoms with Gasteiger partial charge in [0.25, 0.3) is 0 Å². The lowest BCUT2D eigenvalue weighted by atomic mass is 10.2. The van der Waals surface area contributed by atoms with Crippen LogP contribution in [0.1, 0.15) is 29.4 Å². The lowest BCUT2D eigenvalue weighted by molar-refractivity contribution is 0.0696. The van der Waals surface area contributed by atoms with Crippen LogP contribution in [0.5, 0.6) is 0 Å². The smallest absolute Gasteiger partial charge is 0.335 e. The number of nitrogens with two attached hydrogens (primary N) is 1. The summed E-state index contributed by atoms with van der Waals surface area (Å²) in [6.45, 7) is 3.56. The average Bonchev–Trinajstić information content (AvgIpc) is 2.75. The zero-order valence-electron chi connectivity index (χ0n) is 9.89. The van der Waals surface area contributed by atoms with E-state index in [-0.39, 0.29) is 6.04 Å². The zero-order valence-corrected chi connectivity index (χ0v) is 9.89. The van der Waals surface area contributed by atoms with Crippen LogP contribution in [0.25, 0.3) is 0 Å². The van der Waals surface area contributed by atoms with E-state index in [1.807, 2.05) is 6.92 Å². The van der Waals surface area contributed by atoms with Gasteiger partial charge < -0.3 is 15.7 Å². The Hall–Kier alpha value is -1.62. The van der Waals surface area contributed by atoms with Crippen molar-refractivity contribution in [2.45, 2.75) is 25.8 Å². The number of carboxylic acid groups (broad SMARTS) is 1. The molecule has 0 bridgehead atoms. The van der Waals surface area contributed by atoms with Crippen molar-refractivity contribution in [1.29, 1.82) is 0 Å². The molecular formula is C12H17N3O2. The molecule has 3 N–H and O–H groups in total. The van der Waals surface area contributed by atoms with Gasteiger partial charge in [0.05, 0.1) is 5.56 Å². The van der Waals surface area contributed by atoms with Crippen LogP contribution in [0.4, 0.5) is 5.82 Å². The van der Waals surface area contributed by atoms with Crippen molar-refractivity contribution in [1.82, 2.24) is 4.98 Å².